The highest BCUT2D eigenvalue weighted by molar-refractivity contribution is 9.10. The molecule has 1 aliphatic rings. The largest absolute Gasteiger partial charge is 0.444 e. The molecule has 1 aromatic carbocycles. The first-order valence-electron chi connectivity index (χ1n) is 6.57. The first-order chi connectivity index (χ1) is 9.26. The summed E-state index contributed by atoms with van der Waals surface area (Å²) in [6.07, 6.45) is 1.11. The molecule has 5 heteroatoms. The van der Waals surface area contributed by atoms with Crippen molar-refractivity contribution < 1.29 is 14.3 Å². The molecular formula is C15H18BrNO3. The van der Waals surface area contributed by atoms with Crippen LogP contribution in [0.1, 0.15) is 43.1 Å². The van der Waals surface area contributed by atoms with E-state index < -0.39 is 11.7 Å². The number of alkyl halides is 1. The van der Waals surface area contributed by atoms with Crippen LogP contribution in [0.5, 0.6) is 0 Å². The van der Waals surface area contributed by atoms with Gasteiger partial charge in [0, 0.05) is 11.3 Å². The number of ketones is 1. The molecule has 1 atom stereocenters. The lowest BCUT2D eigenvalue weighted by Gasteiger charge is -2.21. The van der Waals surface area contributed by atoms with Crippen molar-refractivity contribution in [3.8, 4) is 0 Å². The molecule has 0 aliphatic heterocycles. The van der Waals surface area contributed by atoms with Gasteiger partial charge in [-0.25, -0.2) is 4.79 Å². The van der Waals surface area contributed by atoms with E-state index >= 15 is 0 Å². The van der Waals surface area contributed by atoms with Gasteiger partial charge in [0.05, 0.1) is 4.83 Å². The molecule has 1 aliphatic carbocycles. The number of carbonyl (C=O) groups is 2. The predicted molar refractivity (Wildman–Crippen MR) is 81.7 cm³/mol. The van der Waals surface area contributed by atoms with Crippen LogP contribution in [-0.2, 0) is 11.2 Å². The van der Waals surface area contributed by atoms with Crippen LogP contribution in [0.2, 0.25) is 0 Å². The summed E-state index contributed by atoms with van der Waals surface area (Å²) in [7, 11) is 0. The summed E-state index contributed by atoms with van der Waals surface area (Å²) in [6, 6.07) is 5.33. The van der Waals surface area contributed by atoms with Crippen LogP contribution in [0.3, 0.4) is 0 Å². The standard InChI is InChI=1S/C15H18BrNO3/c1-15(2,3)20-14(19)17-10-5-6-11-9(8-10)4-7-12(16)13(11)18/h5-6,8,12H,4,7H2,1-3H3,(H,17,19). The minimum atomic E-state index is -0.530. The first-order valence-corrected chi connectivity index (χ1v) is 7.49. The highest BCUT2D eigenvalue weighted by atomic mass is 79.9. The summed E-state index contributed by atoms with van der Waals surface area (Å²) in [5.41, 5.74) is 1.82. The number of anilines is 1. The Hall–Kier alpha value is -1.36. The van der Waals surface area contributed by atoms with E-state index in [0.29, 0.717) is 5.69 Å². The van der Waals surface area contributed by atoms with E-state index in [-0.39, 0.29) is 10.6 Å². The molecule has 0 saturated heterocycles. The smallest absolute Gasteiger partial charge is 0.412 e. The summed E-state index contributed by atoms with van der Waals surface area (Å²) < 4.78 is 5.20. The van der Waals surface area contributed by atoms with E-state index in [1.807, 2.05) is 26.8 Å². The number of Topliss-reactive ketones (excluding diaryl/α,β-unsaturated/α-hetero) is 1. The first kappa shape index (κ1) is 15.0. The Morgan fingerprint density at radius 1 is 1.40 bits per heavy atom. The van der Waals surface area contributed by atoms with Gasteiger partial charge in [0.25, 0.3) is 0 Å². The van der Waals surface area contributed by atoms with Crippen molar-refractivity contribution in [2.75, 3.05) is 5.32 Å². The molecule has 0 aromatic heterocycles. The van der Waals surface area contributed by atoms with Gasteiger partial charge in [-0.1, -0.05) is 15.9 Å². The Morgan fingerprint density at radius 3 is 2.75 bits per heavy atom. The third-order valence-electron chi connectivity index (χ3n) is 2.97. The van der Waals surface area contributed by atoms with Crippen molar-refractivity contribution in [3.63, 3.8) is 0 Å². The molecule has 0 fully saturated rings. The maximum atomic E-state index is 12.0. The zero-order chi connectivity index (χ0) is 14.9. The average Bonchev–Trinajstić information content (AvgIpc) is 2.31. The van der Waals surface area contributed by atoms with Crippen molar-refractivity contribution >= 4 is 33.5 Å². The molecule has 2 rings (SSSR count). The zero-order valence-electron chi connectivity index (χ0n) is 11.8. The van der Waals surface area contributed by atoms with Crippen LogP contribution in [0.15, 0.2) is 18.2 Å². The summed E-state index contributed by atoms with van der Waals surface area (Å²) in [5, 5.41) is 2.69. The molecule has 0 spiro atoms. The number of halogens is 1. The Balaban J connectivity index is 2.12. The van der Waals surface area contributed by atoms with Crippen LogP contribution in [0.4, 0.5) is 10.5 Å². The number of ether oxygens (including phenoxy) is 1. The lowest BCUT2D eigenvalue weighted by Crippen LogP contribution is -2.27. The summed E-state index contributed by atoms with van der Waals surface area (Å²) in [4.78, 5) is 23.6. The number of fused-ring (bicyclic) bond motifs is 1. The lowest BCUT2D eigenvalue weighted by molar-refractivity contribution is 0.0636. The quantitative estimate of drug-likeness (QED) is 0.788. The van der Waals surface area contributed by atoms with Crippen LogP contribution >= 0.6 is 15.9 Å². The van der Waals surface area contributed by atoms with Gasteiger partial charge in [-0.2, -0.15) is 0 Å². The van der Waals surface area contributed by atoms with Gasteiger partial charge in [0.1, 0.15) is 5.60 Å². The van der Waals surface area contributed by atoms with Gasteiger partial charge in [-0.05, 0) is 57.4 Å². The highest BCUT2D eigenvalue weighted by Gasteiger charge is 2.25. The molecule has 0 bridgehead atoms. The molecule has 108 valence electrons. The minimum absolute atomic E-state index is 0.0975. The van der Waals surface area contributed by atoms with Gasteiger partial charge < -0.3 is 4.74 Å². The Morgan fingerprint density at radius 2 is 2.10 bits per heavy atom. The topological polar surface area (TPSA) is 55.4 Å². The molecule has 20 heavy (non-hydrogen) atoms. The normalized spacial score (nSPS) is 18.4. The SMILES string of the molecule is CC(C)(C)OC(=O)Nc1ccc2c(c1)CCC(Br)C2=O. The zero-order valence-corrected chi connectivity index (χ0v) is 13.4. The minimum Gasteiger partial charge on any atom is -0.444 e. The van der Waals surface area contributed by atoms with E-state index in [4.69, 9.17) is 4.74 Å². The van der Waals surface area contributed by atoms with Crippen LogP contribution in [0, 0.1) is 0 Å². The second-order valence-electron chi connectivity index (χ2n) is 5.87. The number of rotatable bonds is 1. The maximum Gasteiger partial charge on any atom is 0.412 e. The number of amides is 1. The summed E-state index contributed by atoms with van der Waals surface area (Å²) in [6.45, 7) is 5.44. The van der Waals surface area contributed by atoms with Gasteiger partial charge in [0.2, 0.25) is 0 Å². The second-order valence-corrected chi connectivity index (χ2v) is 6.97. The van der Waals surface area contributed by atoms with Gasteiger partial charge in [-0.3, -0.25) is 10.1 Å². The van der Waals surface area contributed by atoms with Crippen LogP contribution < -0.4 is 5.32 Å². The molecule has 1 N–H and O–H groups in total. The van der Waals surface area contributed by atoms with Gasteiger partial charge >= 0.3 is 6.09 Å². The van der Waals surface area contributed by atoms with Crippen molar-refractivity contribution in [2.24, 2.45) is 0 Å². The lowest BCUT2D eigenvalue weighted by atomic mass is 9.90. The Kier molecular flexibility index (Phi) is 4.18. The fourth-order valence-electron chi connectivity index (χ4n) is 2.12. The number of benzene rings is 1. The van der Waals surface area contributed by atoms with Crippen molar-refractivity contribution in [3.05, 3.63) is 29.3 Å². The number of hydrogen-bond acceptors (Lipinski definition) is 3. The fourth-order valence-corrected chi connectivity index (χ4v) is 2.60. The van der Waals surface area contributed by atoms with Crippen LogP contribution in [-0.4, -0.2) is 22.3 Å². The van der Waals surface area contributed by atoms with E-state index in [2.05, 4.69) is 21.2 Å². The monoisotopic (exact) mass is 339 g/mol. The molecule has 1 unspecified atom stereocenters. The molecule has 1 amide bonds. The molecule has 1 aromatic rings. The maximum absolute atomic E-state index is 12.0. The molecule has 0 radical (unpaired) electrons. The second kappa shape index (κ2) is 5.56. The van der Waals surface area contributed by atoms with E-state index in [1.54, 1.807) is 12.1 Å². The van der Waals surface area contributed by atoms with Gasteiger partial charge in [0.15, 0.2) is 5.78 Å². The van der Waals surface area contributed by atoms with Gasteiger partial charge in [-0.15, -0.1) is 0 Å². The Bertz CT molecular complexity index is 549. The van der Waals surface area contributed by atoms with Crippen molar-refractivity contribution in [2.45, 2.75) is 44.0 Å². The molecule has 4 nitrogen and oxygen atoms in total. The summed E-state index contributed by atoms with van der Waals surface area (Å²) >= 11 is 3.38. The number of carbonyl (C=O) groups excluding carboxylic acids is 2. The fraction of sp³-hybridized carbons (Fsp3) is 0.467. The third kappa shape index (κ3) is 3.60. The van der Waals surface area contributed by atoms with Crippen molar-refractivity contribution in [1.29, 1.82) is 0 Å². The summed E-state index contributed by atoms with van der Waals surface area (Å²) in [5.74, 6) is 0.107. The third-order valence-corrected chi connectivity index (χ3v) is 3.84. The number of nitrogens with one attached hydrogen (secondary N) is 1. The molecule has 0 heterocycles. The predicted octanol–water partition coefficient (Wildman–Crippen LogP) is 3.93. The highest BCUT2D eigenvalue weighted by Crippen LogP contribution is 2.28. The Labute approximate surface area is 127 Å². The van der Waals surface area contributed by atoms with E-state index in [9.17, 15) is 9.59 Å². The van der Waals surface area contributed by atoms with Crippen LogP contribution in [0.25, 0.3) is 0 Å². The molecule has 0 saturated carbocycles. The van der Waals surface area contributed by atoms with E-state index in [0.717, 1.165) is 24.0 Å². The number of hydrogen-bond donors (Lipinski definition) is 1. The van der Waals surface area contributed by atoms with E-state index in [1.165, 1.54) is 0 Å². The number of aryl methyl sites for hydroxylation is 1. The molecular weight excluding hydrogens is 322 g/mol. The van der Waals surface area contributed by atoms with Crippen molar-refractivity contribution in [1.82, 2.24) is 0 Å². The average molecular weight is 340 g/mol.